The lowest BCUT2D eigenvalue weighted by Crippen LogP contribution is -2.29. The smallest absolute Gasteiger partial charge is 0.260 e. The molecule has 76 valence electrons. The SMILES string of the molecule is NC(=O)c1cnc(N2CCCCC2)s1. The van der Waals surface area contributed by atoms with Crippen molar-refractivity contribution in [2.75, 3.05) is 18.0 Å². The monoisotopic (exact) mass is 211 g/mol. The Morgan fingerprint density at radius 1 is 1.43 bits per heavy atom. The normalized spacial score (nSPS) is 17.0. The Balaban J connectivity index is 2.11. The van der Waals surface area contributed by atoms with Crippen LogP contribution in [0.2, 0.25) is 0 Å². The number of primary amides is 1. The number of nitrogens with two attached hydrogens (primary N) is 1. The molecule has 0 aromatic carbocycles. The standard InChI is InChI=1S/C9H13N3OS/c10-8(13)7-6-11-9(14-7)12-4-2-1-3-5-12/h6H,1-5H2,(H2,10,13). The number of carbonyl (C=O) groups is 1. The summed E-state index contributed by atoms with van der Waals surface area (Å²) in [6.07, 6.45) is 5.29. The first-order chi connectivity index (χ1) is 6.77. The number of hydrogen-bond acceptors (Lipinski definition) is 4. The Hall–Kier alpha value is -1.10. The predicted molar refractivity (Wildman–Crippen MR) is 56.7 cm³/mol. The molecule has 0 aliphatic carbocycles. The molecule has 1 saturated heterocycles. The molecule has 14 heavy (non-hydrogen) atoms. The molecule has 2 N–H and O–H groups in total. The molecular formula is C9H13N3OS. The van der Waals surface area contributed by atoms with Crippen molar-refractivity contribution in [2.24, 2.45) is 5.73 Å². The van der Waals surface area contributed by atoms with Crippen LogP contribution in [0.3, 0.4) is 0 Å². The molecule has 1 fully saturated rings. The number of amides is 1. The predicted octanol–water partition coefficient (Wildman–Crippen LogP) is 1.23. The van der Waals surface area contributed by atoms with Crippen LogP contribution in [0, 0.1) is 0 Å². The van der Waals surface area contributed by atoms with Crippen molar-refractivity contribution in [2.45, 2.75) is 19.3 Å². The second-order valence-electron chi connectivity index (χ2n) is 3.42. The second-order valence-corrected chi connectivity index (χ2v) is 4.43. The van der Waals surface area contributed by atoms with Crippen LogP contribution in [0.25, 0.3) is 0 Å². The minimum Gasteiger partial charge on any atom is -0.365 e. The molecule has 2 rings (SSSR count). The first kappa shape index (κ1) is 9.45. The van der Waals surface area contributed by atoms with Gasteiger partial charge in [0.15, 0.2) is 5.13 Å². The van der Waals surface area contributed by atoms with Crippen LogP contribution >= 0.6 is 11.3 Å². The number of hydrogen-bond donors (Lipinski definition) is 1. The average molecular weight is 211 g/mol. The molecular weight excluding hydrogens is 198 g/mol. The van der Waals surface area contributed by atoms with E-state index in [0.717, 1.165) is 18.2 Å². The quantitative estimate of drug-likeness (QED) is 0.800. The van der Waals surface area contributed by atoms with E-state index >= 15 is 0 Å². The van der Waals surface area contributed by atoms with Crippen molar-refractivity contribution >= 4 is 22.4 Å². The summed E-state index contributed by atoms with van der Waals surface area (Å²) < 4.78 is 0. The molecule has 0 atom stereocenters. The van der Waals surface area contributed by atoms with Crippen molar-refractivity contribution in [3.63, 3.8) is 0 Å². The average Bonchev–Trinajstić information content (AvgIpc) is 2.68. The van der Waals surface area contributed by atoms with Gasteiger partial charge in [-0.3, -0.25) is 4.79 Å². The Bertz CT molecular complexity index is 331. The van der Waals surface area contributed by atoms with Crippen molar-refractivity contribution in [3.05, 3.63) is 11.1 Å². The van der Waals surface area contributed by atoms with Gasteiger partial charge in [-0.25, -0.2) is 4.98 Å². The van der Waals surface area contributed by atoms with E-state index in [1.165, 1.54) is 30.6 Å². The Labute approximate surface area is 86.7 Å². The minimum atomic E-state index is -0.384. The molecule has 1 amide bonds. The summed E-state index contributed by atoms with van der Waals surface area (Å²) in [6.45, 7) is 2.09. The van der Waals surface area contributed by atoms with Crippen LogP contribution in [-0.4, -0.2) is 24.0 Å². The Morgan fingerprint density at radius 3 is 2.71 bits per heavy atom. The zero-order valence-corrected chi connectivity index (χ0v) is 8.72. The maximum atomic E-state index is 10.9. The highest BCUT2D eigenvalue weighted by atomic mass is 32.1. The third-order valence-corrected chi connectivity index (χ3v) is 3.44. The summed E-state index contributed by atoms with van der Waals surface area (Å²) in [7, 11) is 0. The number of carbonyl (C=O) groups excluding carboxylic acids is 1. The van der Waals surface area contributed by atoms with E-state index in [2.05, 4.69) is 9.88 Å². The third kappa shape index (κ3) is 1.87. The highest BCUT2D eigenvalue weighted by Crippen LogP contribution is 2.24. The van der Waals surface area contributed by atoms with Crippen LogP contribution < -0.4 is 10.6 Å². The molecule has 1 aliphatic rings. The molecule has 2 heterocycles. The van der Waals surface area contributed by atoms with E-state index in [1.54, 1.807) is 6.20 Å². The molecule has 0 bridgehead atoms. The van der Waals surface area contributed by atoms with Gasteiger partial charge in [0.1, 0.15) is 4.88 Å². The van der Waals surface area contributed by atoms with Crippen molar-refractivity contribution in [1.29, 1.82) is 0 Å². The number of aromatic nitrogens is 1. The number of rotatable bonds is 2. The van der Waals surface area contributed by atoms with Gasteiger partial charge in [0.05, 0.1) is 6.20 Å². The van der Waals surface area contributed by atoms with E-state index in [1.807, 2.05) is 0 Å². The number of anilines is 1. The van der Waals surface area contributed by atoms with Gasteiger partial charge in [-0.05, 0) is 19.3 Å². The summed E-state index contributed by atoms with van der Waals surface area (Å²) in [6, 6.07) is 0. The summed E-state index contributed by atoms with van der Waals surface area (Å²) in [5.41, 5.74) is 5.17. The number of piperidine rings is 1. The lowest BCUT2D eigenvalue weighted by atomic mass is 10.1. The first-order valence-electron chi connectivity index (χ1n) is 4.78. The maximum Gasteiger partial charge on any atom is 0.260 e. The molecule has 5 heteroatoms. The minimum absolute atomic E-state index is 0.384. The van der Waals surface area contributed by atoms with Crippen LogP contribution in [-0.2, 0) is 0 Å². The highest BCUT2D eigenvalue weighted by molar-refractivity contribution is 7.17. The van der Waals surface area contributed by atoms with Gasteiger partial charge in [-0.15, -0.1) is 0 Å². The molecule has 1 aliphatic heterocycles. The van der Waals surface area contributed by atoms with Gasteiger partial charge in [0.2, 0.25) is 0 Å². The van der Waals surface area contributed by atoms with Gasteiger partial charge in [-0.1, -0.05) is 11.3 Å². The summed E-state index contributed by atoms with van der Waals surface area (Å²) >= 11 is 1.39. The fourth-order valence-corrected chi connectivity index (χ4v) is 2.43. The number of thiazole rings is 1. The van der Waals surface area contributed by atoms with E-state index in [9.17, 15) is 4.79 Å². The van der Waals surface area contributed by atoms with E-state index in [4.69, 9.17) is 5.73 Å². The molecule has 0 unspecified atom stereocenters. The Kier molecular flexibility index (Phi) is 2.67. The summed E-state index contributed by atoms with van der Waals surface area (Å²) in [4.78, 5) is 17.8. The lowest BCUT2D eigenvalue weighted by Gasteiger charge is -2.25. The zero-order chi connectivity index (χ0) is 9.97. The summed E-state index contributed by atoms with van der Waals surface area (Å²) in [5, 5.41) is 0.929. The number of nitrogens with zero attached hydrogens (tertiary/aromatic N) is 2. The van der Waals surface area contributed by atoms with Gasteiger partial charge in [0.25, 0.3) is 5.91 Å². The van der Waals surface area contributed by atoms with E-state index in [0.29, 0.717) is 4.88 Å². The van der Waals surface area contributed by atoms with Crippen LogP contribution in [0.5, 0.6) is 0 Å². The van der Waals surface area contributed by atoms with Crippen LogP contribution in [0.4, 0.5) is 5.13 Å². The topological polar surface area (TPSA) is 59.2 Å². The van der Waals surface area contributed by atoms with Crippen molar-refractivity contribution in [3.8, 4) is 0 Å². The van der Waals surface area contributed by atoms with Gasteiger partial charge >= 0.3 is 0 Å². The van der Waals surface area contributed by atoms with E-state index in [-0.39, 0.29) is 5.91 Å². The third-order valence-electron chi connectivity index (χ3n) is 2.36. The largest absolute Gasteiger partial charge is 0.365 e. The van der Waals surface area contributed by atoms with Crippen LogP contribution in [0.1, 0.15) is 28.9 Å². The van der Waals surface area contributed by atoms with E-state index < -0.39 is 0 Å². The molecule has 0 radical (unpaired) electrons. The van der Waals surface area contributed by atoms with Gasteiger partial charge < -0.3 is 10.6 Å². The fourth-order valence-electron chi connectivity index (χ4n) is 1.61. The molecule has 1 aromatic rings. The second kappa shape index (κ2) is 3.96. The highest BCUT2D eigenvalue weighted by Gasteiger charge is 2.15. The van der Waals surface area contributed by atoms with Gasteiger partial charge in [-0.2, -0.15) is 0 Å². The molecule has 1 aromatic heterocycles. The molecule has 0 saturated carbocycles. The lowest BCUT2D eigenvalue weighted by molar-refractivity contribution is 0.100. The van der Waals surface area contributed by atoms with Crippen LogP contribution in [0.15, 0.2) is 6.20 Å². The zero-order valence-electron chi connectivity index (χ0n) is 7.90. The Morgan fingerprint density at radius 2 is 2.14 bits per heavy atom. The molecule has 0 spiro atoms. The first-order valence-corrected chi connectivity index (χ1v) is 5.59. The molecule has 4 nitrogen and oxygen atoms in total. The maximum absolute atomic E-state index is 10.9. The van der Waals surface area contributed by atoms with Gasteiger partial charge in [0, 0.05) is 13.1 Å². The van der Waals surface area contributed by atoms with Crippen molar-refractivity contribution < 1.29 is 4.79 Å². The fraction of sp³-hybridized carbons (Fsp3) is 0.556. The summed E-state index contributed by atoms with van der Waals surface area (Å²) in [5.74, 6) is -0.384. The van der Waals surface area contributed by atoms with Crippen molar-refractivity contribution in [1.82, 2.24) is 4.98 Å².